The van der Waals surface area contributed by atoms with Crippen LogP contribution in [0.4, 0.5) is 0 Å². The van der Waals surface area contributed by atoms with Crippen molar-refractivity contribution in [2.45, 2.75) is 6.92 Å². The smallest absolute Gasteiger partial charge is 0.122 e. The van der Waals surface area contributed by atoms with E-state index in [1.807, 2.05) is 49.4 Å². The number of halogens is 1. The summed E-state index contributed by atoms with van der Waals surface area (Å²) in [6.45, 7) is 1.92. The van der Waals surface area contributed by atoms with Gasteiger partial charge >= 0.3 is 0 Å². The maximum atomic E-state index is 9.15. The maximum Gasteiger partial charge on any atom is 0.122 e. The number of hydrogen-bond acceptors (Lipinski definition) is 2. The summed E-state index contributed by atoms with van der Waals surface area (Å²) in [5.74, 6) is 0. The molecule has 94 valence electrons. The van der Waals surface area contributed by atoms with Crippen LogP contribution < -0.4 is 0 Å². The Balaban J connectivity index is 2.41. The van der Waals surface area contributed by atoms with Gasteiger partial charge in [0.05, 0.1) is 5.56 Å². The van der Waals surface area contributed by atoms with E-state index < -0.39 is 0 Å². The van der Waals surface area contributed by atoms with Crippen molar-refractivity contribution < 1.29 is 0 Å². The second-order valence-corrected chi connectivity index (χ2v) is 5.43. The second kappa shape index (κ2) is 5.96. The number of rotatable bonds is 2. The summed E-state index contributed by atoms with van der Waals surface area (Å²) in [6, 6.07) is 12.0. The molecule has 2 aromatic rings. The van der Waals surface area contributed by atoms with Crippen molar-refractivity contribution >= 4 is 40.3 Å². The molecule has 0 aliphatic heterocycles. The summed E-state index contributed by atoms with van der Waals surface area (Å²) >= 11 is 8.55. The molecule has 19 heavy (non-hydrogen) atoms. The van der Waals surface area contributed by atoms with Gasteiger partial charge in [0.25, 0.3) is 0 Å². The molecule has 0 saturated carbocycles. The Hall–Kier alpha value is -1.70. The van der Waals surface area contributed by atoms with E-state index in [2.05, 4.69) is 27.0 Å². The lowest BCUT2D eigenvalue weighted by atomic mass is 10.1. The molecule has 1 aromatic carbocycles. The van der Waals surface area contributed by atoms with Crippen LogP contribution in [0.3, 0.4) is 0 Å². The minimum absolute atomic E-state index is 0.484. The highest BCUT2D eigenvalue weighted by molar-refractivity contribution is 9.10. The van der Waals surface area contributed by atoms with E-state index >= 15 is 0 Å². The summed E-state index contributed by atoms with van der Waals surface area (Å²) in [5, 5.41) is 9.15. The van der Waals surface area contributed by atoms with Gasteiger partial charge in [-0.05, 0) is 36.2 Å². The summed E-state index contributed by atoms with van der Waals surface area (Å²) in [7, 11) is 0. The number of nitriles is 1. The first-order valence-electron chi connectivity index (χ1n) is 5.68. The van der Waals surface area contributed by atoms with Crippen LogP contribution in [0.5, 0.6) is 0 Å². The zero-order valence-electron chi connectivity index (χ0n) is 10.3. The van der Waals surface area contributed by atoms with E-state index in [4.69, 9.17) is 17.5 Å². The normalized spacial score (nSPS) is 10.6. The third kappa shape index (κ3) is 3.40. The SMILES string of the molecule is Cc1cc(C=Cc2ccc(Br)cc2)c(C#N)c(=S)[nH]1. The molecule has 4 heteroatoms. The zero-order chi connectivity index (χ0) is 13.8. The molecule has 0 amide bonds. The molecule has 0 fully saturated rings. The molecule has 2 rings (SSSR count). The minimum atomic E-state index is 0.484. The molecule has 0 spiro atoms. The molecular weight excluding hydrogens is 320 g/mol. The Morgan fingerprint density at radius 1 is 1.26 bits per heavy atom. The topological polar surface area (TPSA) is 39.6 Å². The lowest BCUT2D eigenvalue weighted by molar-refractivity contribution is 1.16. The maximum absolute atomic E-state index is 9.15. The number of hydrogen-bond donors (Lipinski definition) is 1. The Kier molecular flexibility index (Phi) is 4.31. The molecule has 0 radical (unpaired) electrons. The molecule has 0 bridgehead atoms. The van der Waals surface area contributed by atoms with Crippen molar-refractivity contribution in [2.75, 3.05) is 0 Å². The van der Waals surface area contributed by atoms with Crippen LogP contribution in [0, 0.1) is 22.9 Å². The van der Waals surface area contributed by atoms with E-state index in [0.717, 1.165) is 21.3 Å². The van der Waals surface area contributed by atoms with Gasteiger partial charge in [-0.25, -0.2) is 0 Å². The second-order valence-electron chi connectivity index (χ2n) is 4.11. The van der Waals surface area contributed by atoms with Gasteiger partial charge in [-0.2, -0.15) is 5.26 Å². The number of nitrogens with one attached hydrogen (secondary N) is 1. The minimum Gasteiger partial charge on any atom is -0.349 e. The van der Waals surface area contributed by atoms with E-state index in [9.17, 15) is 0 Å². The third-order valence-corrected chi connectivity index (χ3v) is 3.47. The van der Waals surface area contributed by atoms with Crippen molar-refractivity contribution in [1.29, 1.82) is 5.26 Å². The average molecular weight is 331 g/mol. The molecule has 0 saturated heterocycles. The summed E-state index contributed by atoms with van der Waals surface area (Å²) in [5.41, 5.74) is 3.36. The predicted molar refractivity (Wildman–Crippen MR) is 84.1 cm³/mol. The predicted octanol–water partition coefficient (Wildman–Crippen LogP) is 4.86. The molecule has 0 unspecified atom stereocenters. The first-order valence-corrected chi connectivity index (χ1v) is 6.88. The summed E-state index contributed by atoms with van der Waals surface area (Å²) in [4.78, 5) is 2.99. The lowest BCUT2D eigenvalue weighted by Crippen LogP contribution is -1.90. The van der Waals surface area contributed by atoms with Gasteiger partial charge in [0, 0.05) is 10.2 Å². The zero-order valence-corrected chi connectivity index (χ0v) is 12.7. The molecule has 0 atom stereocenters. The molecule has 1 aromatic heterocycles. The van der Waals surface area contributed by atoms with Crippen molar-refractivity contribution in [3.63, 3.8) is 0 Å². The first-order chi connectivity index (χ1) is 9.10. The fourth-order valence-electron chi connectivity index (χ4n) is 1.72. The monoisotopic (exact) mass is 330 g/mol. The summed E-state index contributed by atoms with van der Waals surface area (Å²) < 4.78 is 1.53. The van der Waals surface area contributed by atoms with Crippen LogP contribution in [0.25, 0.3) is 12.2 Å². The molecule has 1 heterocycles. The van der Waals surface area contributed by atoms with Gasteiger partial charge in [0.2, 0.25) is 0 Å². The fourth-order valence-corrected chi connectivity index (χ4v) is 2.31. The summed E-state index contributed by atoms with van der Waals surface area (Å²) in [6.07, 6.45) is 3.88. The number of aromatic nitrogens is 1. The molecular formula is C15H11BrN2S. The third-order valence-electron chi connectivity index (χ3n) is 2.64. The van der Waals surface area contributed by atoms with Crippen LogP contribution in [0.15, 0.2) is 34.8 Å². The lowest BCUT2D eigenvalue weighted by Gasteiger charge is -2.01. The van der Waals surface area contributed by atoms with E-state index in [1.165, 1.54) is 0 Å². The van der Waals surface area contributed by atoms with Crippen molar-refractivity contribution in [2.24, 2.45) is 0 Å². The van der Waals surface area contributed by atoms with E-state index in [-0.39, 0.29) is 0 Å². The van der Waals surface area contributed by atoms with Crippen molar-refractivity contribution in [3.05, 3.63) is 61.8 Å². The van der Waals surface area contributed by atoms with Gasteiger partial charge in [-0.1, -0.05) is 52.4 Å². The van der Waals surface area contributed by atoms with Crippen LogP contribution in [-0.2, 0) is 0 Å². The number of pyridine rings is 1. The average Bonchev–Trinajstić information content (AvgIpc) is 2.37. The number of nitrogens with zero attached hydrogens (tertiary/aromatic N) is 1. The van der Waals surface area contributed by atoms with Gasteiger partial charge in [-0.15, -0.1) is 0 Å². The number of aromatic amines is 1. The highest BCUT2D eigenvalue weighted by Gasteiger charge is 2.02. The van der Waals surface area contributed by atoms with Crippen LogP contribution in [-0.4, -0.2) is 4.98 Å². The number of H-pyrrole nitrogens is 1. The van der Waals surface area contributed by atoms with Gasteiger partial charge in [0.1, 0.15) is 10.7 Å². The van der Waals surface area contributed by atoms with E-state index in [0.29, 0.717) is 10.2 Å². The van der Waals surface area contributed by atoms with Crippen LogP contribution >= 0.6 is 28.1 Å². The van der Waals surface area contributed by atoms with Crippen LogP contribution in [0.2, 0.25) is 0 Å². The molecule has 0 aliphatic carbocycles. The van der Waals surface area contributed by atoms with E-state index in [1.54, 1.807) is 0 Å². The molecule has 2 nitrogen and oxygen atoms in total. The first kappa shape index (κ1) is 13.7. The van der Waals surface area contributed by atoms with Crippen LogP contribution in [0.1, 0.15) is 22.4 Å². The highest BCUT2D eigenvalue weighted by Crippen LogP contribution is 2.16. The molecule has 0 aliphatic rings. The highest BCUT2D eigenvalue weighted by atomic mass is 79.9. The van der Waals surface area contributed by atoms with Gasteiger partial charge < -0.3 is 4.98 Å². The number of benzene rings is 1. The molecule has 1 N–H and O–H groups in total. The largest absolute Gasteiger partial charge is 0.349 e. The Labute approximate surface area is 125 Å². The van der Waals surface area contributed by atoms with Crippen molar-refractivity contribution in [3.8, 4) is 6.07 Å². The van der Waals surface area contributed by atoms with Gasteiger partial charge in [-0.3, -0.25) is 0 Å². The standard InChI is InChI=1S/C15H11BrN2S/c1-10-8-12(14(9-17)15(19)18-10)5-2-11-3-6-13(16)7-4-11/h2-8H,1H3,(H,18,19). The Morgan fingerprint density at radius 3 is 2.58 bits per heavy atom. The quantitative estimate of drug-likeness (QED) is 0.799. The Bertz CT molecular complexity index is 721. The van der Waals surface area contributed by atoms with Crippen molar-refractivity contribution in [1.82, 2.24) is 4.98 Å². The number of aryl methyl sites for hydroxylation is 1. The Morgan fingerprint density at radius 2 is 1.95 bits per heavy atom. The fraction of sp³-hybridized carbons (Fsp3) is 0.0667. The van der Waals surface area contributed by atoms with Gasteiger partial charge in [0.15, 0.2) is 0 Å².